The summed E-state index contributed by atoms with van der Waals surface area (Å²) in [5.41, 5.74) is 0.639. The molecule has 0 radical (unpaired) electrons. The molecule has 8 heteroatoms. The SMILES string of the molecule is N#Cc1cccc(S(=O)(=O)N2CCN(C(=O)c3ccc(F)cc3)CC2)c1. The van der Waals surface area contributed by atoms with Crippen molar-refractivity contribution in [2.45, 2.75) is 4.90 Å². The van der Waals surface area contributed by atoms with E-state index in [4.69, 9.17) is 5.26 Å². The number of nitrogens with zero attached hydrogens (tertiary/aromatic N) is 3. The highest BCUT2D eigenvalue weighted by atomic mass is 32.2. The summed E-state index contributed by atoms with van der Waals surface area (Å²) in [6, 6.07) is 13.0. The number of sulfonamides is 1. The maximum absolute atomic E-state index is 13.0. The molecular formula is C18H16FN3O3S. The third-order valence-corrected chi connectivity index (χ3v) is 6.11. The predicted octanol–water partition coefficient (Wildman–Crippen LogP) is 1.84. The summed E-state index contributed by atoms with van der Waals surface area (Å²) in [6.45, 7) is 0.804. The Kier molecular flexibility index (Phi) is 5.02. The number of halogens is 1. The predicted molar refractivity (Wildman–Crippen MR) is 92.2 cm³/mol. The van der Waals surface area contributed by atoms with Crippen LogP contribution in [0.1, 0.15) is 15.9 Å². The topological polar surface area (TPSA) is 81.5 Å². The molecule has 0 saturated carbocycles. The van der Waals surface area contributed by atoms with Crippen LogP contribution >= 0.6 is 0 Å². The Hall–Kier alpha value is -2.76. The van der Waals surface area contributed by atoms with Crippen LogP contribution in [-0.2, 0) is 10.0 Å². The van der Waals surface area contributed by atoms with Gasteiger partial charge in [-0.25, -0.2) is 12.8 Å². The molecule has 0 aromatic heterocycles. The fourth-order valence-electron chi connectivity index (χ4n) is 2.78. The van der Waals surface area contributed by atoms with Crippen LogP contribution in [0.4, 0.5) is 4.39 Å². The van der Waals surface area contributed by atoms with E-state index in [1.807, 2.05) is 6.07 Å². The number of amides is 1. The molecule has 0 N–H and O–H groups in total. The lowest BCUT2D eigenvalue weighted by molar-refractivity contribution is 0.0698. The summed E-state index contributed by atoms with van der Waals surface area (Å²) in [7, 11) is -3.72. The van der Waals surface area contributed by atoms with Crippen LogP contribution in [0.2, 0.25) is 0 Å². The molecule has 2 aromatic carbocycles. The molecule has 1 saturated heterocycles. The molecule has 3 rings (SSSR count). The van der Waals surface area contributed by atoms with E-state index in [2.05, 4.69) is 0 Å². The number of hydrogen-bond acceptors (Lipinski definition) is 4. The van der Waals surface area contributed by atoms with Gasteiger partial charge in [0.25, 0.3) is 5.91 Å². The molecule has 26 heavy (non-hydrogen) atoms. The Labute approximate surface area is 151 Å². The van der Waals surface area contributed by atoms with Crippen LogP contribution in [0.5, 0.6) is 0 Å². The van der Waals surface area contributed by atoms with Gasteiger partial charge in [-0.1, -0.05) is 6.07 Å². The smallest absolute Gasteiger partial charge is 0.253 e. The van der Waals surface area contributed by atoms with E-state index in [0.29, 0.717) is 5.56 Å². The van der Waals surface area contributed by atoms with Gasteiger partial charge in [0.2, 0.25) is 10.0 Å². The van der Waals surface area contributed by atoms with Crippen molar-refractivity contribution in [3.63, 3.8) is 0 Å². The van der Waals surface area contributed by atoms with E-state index in [-0.39, 0.29) is 42.5 Å². The van der Waals surface area contributed by atoms with Crippen LogP contribution in [0.15, 0.2) is 53.4 Å². The summed E-state index contributed by atoms with van der Waals surface area (Å²) in [5, 5.41) is 8.93. The number of nitriles is 1. The third-order valence-electron chi connectivity index (χ3n) is 4.22. The monoisotopic (exact) mass is 373 g/mol. The van der Waals surface area contributed by atoms with Crippen molar-refractivity contribution in [1.82, 2.24) is 9.21 Å². The molecule has 0 spiro atoms. The minimum atomic E-state index is -3.72. The fraction of sp³-hybridized carbons (Fsp3) is 0.222. The normalized spacial score (nSPS) is 15.5. The molecular weight excluding hydrogens is 357 g/mol. The van der Waals surface area contributed by atoms with E-state index < -0.39 is 15.8 Å². The summed E-state index contributed by atoms with van der Waals surface area (Å²) >= 11 is 0. The van der Waals surface area contributed by atoms with Crippen molar-refractivity contribution in [3.8, 4) is 6.07 Å². The molecule has 1 heterocycles. The zero-order valence-electron chi connectivity index (χ0n) is 13.8. The minimum Gasteiger partial charge on any atom is -0.336 e. The van der Waals surface area contributed by atoms with Gasteiger partial charge < -0.3 is 4.90 Å². The van der Waals surface area contributed by atoms with Crippen molar-refractivity contribution < 1.29 is 17.6 Å². The third kappa shape index (κ3) is 3.59. The Morgan fingerprint density at radius 2 is 1.69 bits per heavy atom. The second-order valence-electron chi connectivity index (χ2n) is 5.84. The van der Waals surface area contributed by atoms with Crippen LogP contribution in [0.25, 0.3) is 0 Å². The van der Waals surface area contributed by atoms with Crippen LogP contribution in [-0.4, -0.2) is 49.7 Å². The highest BCUT2D eigenvalue weighted by Gasteiger charge is 2.30. The first-order chi connectivity index (χ1) is 12.4. The molecule has 1 fully saturated rings. The number of carbonyl (C=O) groups excluding carboxylic acids is 1. The standard InChI is InChI=1S/C18H16FN3O3S/c19-16-6-4-15(5-7-16)18(23)21-8-10-22(11-9-21)26(24,25)17-3-1-2-14(12-17)13-20/h1-7,12H,8-11H2. The quantitative estimate of drug-likeness (QED) is 0.822. The van der Waals surface area contributed by atoms with Gasteiger partial charge in [-0.15, -0.1) is 0 Å². The number of piperazine rings is 1. The first-order valence-corrected chi connectivity index (χ1v) is 9.41. The second-order valence-corrected chi connectivity index (χ2v) is 7.78. The summed E-state index contributed by atoms with van der Waals surface area (Å²) < 4.78 is 39.7. The molecule has 1 amide bonds. The Balaban J connectivity index is 1.70. The number of carbonyl (C=O) groups is 1. The molecule has 134 valence electrons. The lowest BCUT2D eigenvalue weighted by atomic mass is 10.2. The van der Waals surface area contributed by atoms with Crippen molar-refractivity contribution in [1.29, 1.82) is 5.26 Å². The molecule has 0 atom stereocenters. The van der Waals surface area contributed by atoms with Gasteiger partial charge in [-0.05, 0) is 42.5 Å². The van der Waals surface area contributed by atoms with Gasteiger partial charge in [0.15, 0.2) is 0 Å². The van der Waals surface area contributed by atoms with Gasteiger partial charge in [0.1, 0.15) is 5.82 Å². The molecule has 0 bridgehead atoms. The van der Waals surface area contributed by atoms with Gasteiger partial charge in [0, 0.05) is 31.7 Å². The van der Waals surface area contributed by atoms with Crippen LogP contribution in [0.3, 0.4) is 0 Å². The average molecular weight is 373 g/mol. The fourth-order valence-corrected chi connectivity index (χ4v) is 4.25. The summed E-state index contributed by atoms with van der Waals surface area (Å²) in [6.07, 6.45) is 0. The number of hydrogen-bond donors (Lipinski definition) is 0. The van der Waals surface area contributed by atoms with Gasteiger partial charge in [-0.2, -0.15) is 9.57 Å². The average Bonchev–Trinajstić information content (AvgIpc) is 2.68. The lowest BCUT2D eigenvalue weighted by Gasteiger charge is -2.34. The van der Waals surface area contributed by atoms with Crippen molar-refractivity contribution in [2.24, 2.45) is 0 Å². The second kappa shape index (κ2) is 7.23. The van der Waals surface area contributed by atoms with Crippen LogP contribution in [0, 0.1) is 17.1 Å². The molecule has 0 unspecified atom stereocenters. The van der Waals surface area contributed by atoms with Gasteiger partial charge in [-0.3, -0.25) is 4.79 Å². The minimum absolute atomic E-state index is 0.0647. The van der Waals surface area contributed by atoms with E-state index in [1.54, 1.807) is 4.90 Å². The number of benzene rings is 2. The summed E-state index contributed by atoms with van der Waals surface area (Å²) in [4.78, 5) is 14.0. The summed E-state index contributed by atoms with van der Waals surface area (Å²) in [5.74, 6) is -0.675. The first kappa shape index (κ1) is 18.0. The van der Waals surface area contributed by atoms with Crippen molar-refractivity contribution in [3.05, 3.63) is 65.5 Å². The van der Waals surface area contributed by atoms with E-state index >= 15 is 0 Å². The maximum atomic E-state index is 13.0. The number of rotatable bonds is 3. The van der Waals surface area contributed by atoms with E-state index in [1.165, 1.54) is 52.8 Å². The van der Waals surface area contributed by atoms with Crippen molar-refractivity contribution >= 4 is 15.9 Å². The van der Waals surface area contributed by atoms with E-state index in [9.17, 15) is 17.6 Å². The zero-order chi connectivity index (χ0) is 18.7. The Morgan fingerprint density at radius 3 is 2.31 bits per heavy atom. The maximum Gasteiger partial charge on any atom is 0.253 e. The molecule has 2 aromatic rings. The highest BCUT2D eigenvalue weighted by molar-refractivity contribution is 7.89. The largest absolute Gasteiger partial charge is 0.336 e. The Bertz CT molecular complexity index is 960. The molecule has 6 nitrogen and oxygen atoms in total. The lowest BCUT2D eigenvalue weighted by Crippen LogP contribution is -2.50. The van der Waals surface area contributed by atoms with Gasteiger partial charge >= 0.3 is 0 Å². The Morgan fingerprint density at radius 1 is 1.04 bits per heavy atom. The van der Waals surface area contributed by atoms with Crippen LogP contribution < -0.4 is 0 Å². The highest BCUT2D eigenvalue weighted by Crippen LogP contribution is 2.19. The molecule has 1 aliphatic rings. The first-order valence-electron chi connectivity index (χ1n) is 7.97. The van der Waals surface area contributed by atoms with E-state index in [0.717, 1.165) is 0 Å². The molecule has 1 aliphatic heterocycles. The zero-order valence-corrected chi connectivity index (χ0v) is 14.6. The van der Waals surface area contributed by atoms with Gasteiger partial charge in [0.05, 0.1) is 16.5 Å². The molecule has 0 aliphatic carbocycles. The van der Waals surface area contributed by atoms with Crippen molar-refractivity contribution in [2.75, 3.05) is 26.2 Å².